The van der Waals surface area contributed by atoms with Crippen molar-refractivity contribution >= 4 is 47.5 Å². The van der Waals surface area contributed by atoms with Crippen LogP contribution in [0.25, 0.3) is 0 Å². The van der Waals surface area contributed by atoms with Crippen molar-refractivity contribution in [2.75, 3.05) is 0 Å². The van der Waals surface area contributed by atoms with Crippen LogP contribution in [0.5, 0.6) is 5.75 Å². The normalized spacial score (nSPS) is 9.90. The molecule has 0 heterocycles. The summed E-state index contributed by atoms with van der Waals surface area (Å²) in [5.74, 6) is 0.956. The van der Waals surface area contributed by atoms with E-state index in [2.05, 4.69) is 44.1 Å². The monoisotopic (exact) mass is 378 g/mol. The topological polar surface area (TPSA) is 9.23 Å². The molecule has 0 aliphatic rings. The van der Waals surface area contributed by atoms with E-state index in [1.54, 1.807) is 0 Å². The number of rotatable bonds is 2. The summed E-state index contributed by atoms with van der Waals surface area (Å²) < 4.78 is 5.12. The molecule has 1 aromatic carbocycles. The molecule has 1 aromatic rings. The first-order valence-corrected chi connectivity index (χ1v) is 9.47. The standard InChI is InChI=1S/C6H5I2OP/c7-10(8)9-6-4-2-1-3-5-6/h1-5H. The van der Waals surface area contributed by atoms with Gasteiger partial charge in [0.2, 0.25) is 3.43 Å². The maximum Gasteiger partial charge on any atom is 0.215 e. The van der Waals surface area contributed by atoms with Gasteiger partial charge in [0.1, 0.15) is 5.75 Å². The Balaban J connectivity index is 2.59. The number of hydrogen-bond acceptors (Lipinski definition) is 1. The fourth-order valence-corrected chi connectivity index (χ4v) is 2.21. The Bertz CT molecular complexity index is 190. The SMILES string of the molecule is IP(I)Oc1ccccc1. The molecule has 0 aliphatic carbocycles. The van der Waals surface area contributed by atoms with Gasteiger partial charge in [0, 0.05) is 44.1 Å². The van der Waals surface area contributed by atoms with Gasteiger partial charge in [-0.3, -0.25) is 0 Å². The maximum atomic E-state index is 5.45. The lowest BCUT2D eigenvalue weighted by Gasteiger charge is -2.03. The third kappa shape index (κ3) is 3.34. The highest BCUT2D eigenvalue weighted by molar-refractivity contribution is 14.3. The van der Waals surface area contributed by atoms with E-state index in [0.29, 0.717) is 0 Å². The van der Waals surface area contributed by atoms with Crippen LogP contribution in [-0.2, 0) is 0 Å². The zero-order chi connectivity index (χ0) is 7.40. The van der Waals surface area contributed by atoms with Crippen molar-refractivity contribution in [3.8, 4) is 5.75 Å². The van der Waals surface area contributed by atoms with Crippen LogP contribution in [0.2, 0.25) is 0 Å². The quantitative estimate of drug-likeness (QED) is 0.555. The predicted molar refractivity (Wildman–Crippen MR) is 62.0 cm³/mol. The van der Waals surface area contributed by atoms with Gasteiger partial charge in [-0.1, -0.05) is 18.2 Å². The molecule has 0 spiro atoms. The van der Waals surface area contributed by atoms with Gasteiger partial charge in [0.05, 0.1) is 0 Å². The van der Waals surface area contributed by atoms with Crippen molar-refractivity contribution in [2.24, 2.45) is 0 Å². The third-order valence-corrected chi connectivity index (χ3v) is 2.45. The van der Waals surface area contributed by atoms with E-state index in [9.17, 15) is 0 Å². The number of para-hydroxylation sites is 1. The lowest BCUT2D eigenvalue weighted by Crippen LogP contribution is -1.74. The van der Waals surface area contributed by atoms with Gasteiger partial charge >= 0.3 is 0 Å². The highest BCUT2D eigenvalue weighted by Crippen LogP contribution is 2.53. The Kier molecular flexibility index (Phi) is 4.25. The smallest absolute Gasteiger partial charge is 0.215 e. The fraction of sp³-hybridized carbons (Fsp3) is 0. The Labute approximate surface area is 87.3 Å². The van der Waals surface area contributed by atoms with Crippen LogP contribution < -0.4 is 4.52 Å². The molecule has 0 N–H and O–H groups in total. The molecule has 0 atom stereocenters. The van der Waals surface area contributed by atoms with Crippen LogP contribution in [0, 0.1) is 0 Å². The zero-order valence-electron chi connectivity index (χ0n) is 5.00. The van der Waals surface area contributed by atoms with Gasteiger partial charge in [0.25, 0.3) is 0 Å². The molecule has 0 unspecified atom stereocenters. The minimum Gasteiger partial charge on any atom is -0.453 e. The molecular formula is C6H5I2OP. The molecule has 0 saturated carbocycles. The fourth-order valence-electron chi connectivity index (χ4n) is 0.561. The minimum atomic E-state index is -0.337. The Hall–Kier alpha value is 0.910. The highest BCUT2D eigenvalue weighted by Gasteiger charge is 1.97. The predicted octanol–water partition coefficient (Wildman–Crippen LogP) is 4.16. The Morgan fingerprint density at radius 1 is 1.10 bits per heavy atom. The van der Waals surface area contributed by atoms with Crippen molar-refractivity contribution in [2.45, 2.75) is 0 Å². The highest BCUT2D eigenvalue weighted by atomic mass is 127. The second-order valence-electron chi connectivity index (χ2n) is 1.61. The van der Waals surface area contributed by atoms with Crippen LogP contribution in [0.4, 0.5) is 0 Å². The molecule has 10 heavy (non-hydrogen) atoms. The first kappa shape index (κ1) is 9.00. The van der Waals surface area contributed by atoms with Crippen LogP contribution in [-0.4, -0.2) is 0 Å². The van der Waals surface area contributed by atoms with Crippen LogP contribution >= 0.6 is 47.5 Å². The third-order valence-electron chi connectivity index (χ3n) is 0.918. The van der Waals surface area contributed by atoms with Gasteiger partial charge in [-0.2, -0.15) is 0 Å². The summed E-state index contributed by atoms with van der Waals surface area (Å²) in [6, 6.07) is 9.86. The van der Waals surface area contributed by atoms with E-state index < -0.39 is 0 Å². The van der Waals surface area contributed by atoms with Crippen molar-refractivity contribution in [1.29, 1.82) is 0 Å². The van der Waals surface area contributed by atoms with E-state index in [1.807, 2.05) is 30.3 Å². The molecule has 0 aromatic heterocycles. The average Bonchev–Trinajstić information content (AvgIpc) is 1.88. The van der Waals surface area contributed by atoms with Gasteiger partial charge in [-0.25, -0.2) is 0 Å². The number of hydrogen-bond donors (Lipinski definition) is 0. The molecule has 54 valence electrons. The summed E-state index contributed by atoms with van der Waals surface area (Å²) in [5.41, 5.74) is 0. The van der Waals surface area contributed by atoms with E-state index in [0.717, 1.165) is 5.75 Å². The zero-order valence-corrected chi connectivity index (χ0v) is 10.2. The van der Waals surface area contributed by atoms with Crippen molar-refractivity contribution in [3.63, 3.8) is 0 Å². The van der Waals surface area contributed by atoms with Gasteiger partial charge in [-0.15, -0.1) is 0 Å². The Morgan fingerprint density at radius 3 is 2.20 bits per heavy atom. The van der Waals surface area contributed by atoms with Crippen LogP contribution in [0.15, 0.2) is 30.3 Å². The minimum absolute atomic E-state index is 0.337. The van der Waals surface area contributed by atoms with Gasteiger partial charge < -0.3 is 4.52 Å². The summed E-state index contributed by atoms with van der Waals surface area (Å²) in [4.78, 5) is 0. The van der Waals surface area contributed by atoms with Crippen molar-refractivity contribution < 1.29 is 4.52 Å². The molecular weight excluding hydrogens is 373 g/mol. The van der Waals surface area contributed by atoms with Crippen molar-refractivity contribution in [1.82, 2.24) is 0 Å². The average molecular weight is 378 g/mol. The lowest BCUT2D eigenvalue weighted by molar-refractivity contribution is 0.643. The number of benzene rings is 1. The van der Waals surface area contributed by atoms with E-state index in [1.165, 1.54) is 0 Å². The largest absolute Gasteiger partial charge is 0.453 e. The molecule has 0 saturated heterocycles. The molecule has 1 nitrogen and oxygen atoms in total. The molecule has 0 fully saturated rings. The first-order chi connectivity index (χ1) is 4.79. The van der Waals surface area contributed by atoms with Gasteiger partial charge in [-0.05, 0) is 12.1 Å². The first-order valence-electron chi connectivity index (χ1n) is 2.64. The summed E-state index contributed by atoms with van der Waals surface area (Å²) in [6.07, 6.45) is 0. The number of halogens is 2. The van der Waals surface area contributed by atoms with E-state index in [4.69, 9.17) is 4.52 Å². The molecule has 0 aliphatic heterocycles. The molecule has 4 heteroatoms. The van der Waals surface area contributed by atoms with Crippen molar-refractivity contribution in [3.05, 3.63) is 30.3 Å². The van der Waals surface area contributed by atoms with Crippen LogP contribution in [0.3, 0.4) is 0 Å². The van der Waals surface area contributed by atoms with E-state index >= 15 is 0 Å². The van der Waals surface area contributed by atoms with E-state index in [-0.39, 0.29) is 3.43 Å². The summed E-state index contributed by atoms with van der Waals surface area (Å²) in [6.45, 7) is 0. The molecule has 1 rings (SSSR count). The Morgan fingerprint density at radius 2 is 1.70 bits per heavy atom. The van der Waals surface area contributed by atoms with Crippen LogP contribution in [0.1, 0.15) is 0 Å². The lowest BCUT2D eigenvalue weighted by atomic mass is 10.3. The molecule has 0 bridgehead atoms. The maximum absolute atomic E-state index is 5.45. The summed E-state index contributed by atoms with van der Waals surface area (Å²) in [5, 5.41) is 0. The molecule has 0 radical (unpaired) electrons. The van der Waals surface area contributed by atoms with Gasteiger partial charge in [0.15, 0.2) is 0 Å². The molecule has 0 amide bonds. The second kappa shape index (κ2) is 4.72. The second-order valence-corrected chi connectivity index (χ2v) is 13.0. The summed E-state index contributed by atoms with van der Waals surface area (Å²) in [7, 11) is 0. The summed E-state index contributed by atoms with van der Waals surface area (Å²) >= 11 is 4.55.